The van der Waals surface area contributed by atoms with Gasteiger partial charge in [-0.15, -0.1) is 11.3 Å². The number of halogens is 2. The third kappa shape index (κ3) is 3.06. The van der Waals surface area contributed by atoms with E-state index in [1.807, 2.05) is 26.8 Å². The van der Waals surface area contributed by atoms with Gasteiger partial charge in [0.2, 0.25) is 5.89 Å². The molecule has 2 rings (SSSR count). The van der Waals surface area contributed by atoms with Crippen LogP contribution in [0.15, 0.2) is 16.7 Å². The first-order chi connectivity index (χ1) is 8.47. The minimum absolute atomic E-state index is 0.0171. The predicted molar refractivity (Wildman–Crippen MR) is 75.5 cm³/mol. The Balaban J connectivity index is 2.07. The Morgan fingerprint density at radius 1 is 1.33 bits per heavy atom. The van der Waals surface area contributed by atoms with Gasteiger partial charge in [-0.3, -0.25) is 5.32 Å². The monoisotopic (exact) mass is 304 g/mol. The van der Waals surface area contributed by atoms with E-state index in [1.165, 1.54) is 11.3 Å². The highest BCUT2D eigenvalue weighted by atomic mass is 35.5. The number of rotatable bonds is 4. The van der Waals surface area contributed by atoms with Crippen molar-refractivity contribution >= 4 is 34.5 Å². The molecule has 2 atom stereocenters. The van der Waals surface area contributed by atoms with Gasteiger partial charge in [-0.2, -0.15) is 0 Å². The molecular weight excluding hydrogens is 291 g/mol. The summed E-state index contributed by atoms with van der Waals surface area (Å²) in [6, 6.07) is 1.99. The summed E-state index contributed by atoms with van der Waals surface area (Å²) in [6.45, 7) is 5.92. The lowest BCUT2D eigenvalue weighted by Crippen LogP contribution is -2.22. The SMILES string of the molecule is Cc1cnc(C(C)NC(C)c2cc(Cl)sc2Cl)o1. The highest BCUT2D eigenvalue weighted by molar-refractivity contribution is 7.20. The summed E-state index contributed by atoms with van der Waals surface area (Å²) in [5.74, 6) is 1.49. The first kappa shape index (κ1) is 13.9. The van der Waals surface area contributed by atoms with Crippen molar-refractivity contribution in [1.29, 1.82) is 0 Å². The molecule has 0 saturated carbocycles. The van der Waals surface area contributed by atoms with Crippen LogP contribution >= 0.6 is 34.5 Å². The molecule has 18 heavy (non-hydrogen) atoms. The van der Waals surface area contributed by atoms with E-state index in [0.717, 1.165) is 15.7 Å². The van der Waals surface area contributed by atoms with Gasteiger partial charge in [0.05, 0.1) is 20.9 Å². The molecule has 6 heteroatoms. The zero-order valence-electron chi connectivity index (χ0n) is 10.3. The molecule has 0 fully saturated rings. The standard InChI is InChI=1S/C12H14Cl2N2OS/c1-6-5-15-12(17-6)8(3)16-7(2)9-4-10(13)18-11(9)14/h4-5,7-8,16H,1-3H3. The molecule has 0 aliphatic carbocycles. The summed E-state index contributed by atoms with van der Waals surface area (Å²) in [5, 5.41) is 3.39. The smallest absolute Gasteiger partial charge is 0.211 e. The summed E-state index contributed by atoms with van der Waals surface area (Å²) in [6.07, 6.45) is 1.71. The molecule has 0 radical (unpaired) electrons. The minimum Gasteiger partial charge on any atom is -0.444 e. The quantitative estimate of drug-likeness (QED) is 0.884. The van der Waals surface area contributed by atoms with Gasteiger partial charge in [-0.05, 0) is 32.4 Å². The Kier molecular flexibility index (Phi) is 4.33. The molecule has 0 spiro atoms. The molecule has 0 bridgehead atoms. The van der Waals surface area contributed by atoms with Crippen molar-refractivity contribution in [2.24, 2.45) is 0 Å². The Labute approximate surface area is 120 Å². The number of aryl methyl sites for hydroxylation is 1. The van der Waals surface area contributed by atoms with Crippen LogP contribution in [-0.4, -0.2) is 4.98 Å². The Bertz CT molecular complexity index is 538. The van der Waals surface area contributed by atoms with Crippen LogP contribution in [0, 0.1) is 6.92 Å². The van der Waals surface area contributed by atoms with Gasteiger partial charge < -0.3 is 4.42 Å². The lowest BCUT2D eigenvalue weighted by molar-refractivity contribution is 0.380. The van der Waals surface area contributed by atoms with E-state index >= 15 is 0 Å². The predicted octanol–water partition coefficient (Wildman–Crippen LogP) is 4.76. The first-order valence-corrected chi connectivity index (χ1v) is 7.17. The number of hydrogen-bond donors (Lipinski definition) is 1. The highest BCUT2D eigenvalue weighted by Gasteiger charge is 2.18. The fraction of sp³-hybridized carbons (Fsp3) is 0.417. The third-order valence-corrected chi connectivity index (χ3v) is 4.18. The second-order valence-electron chi connectivity index (χ2n) is 4.20. The molecule has 98 valence electrons. The Morgan fingerprint density at radius 2 is 2.06 bits per heavy atom. The maximum atomic E-state index is 6.13. The molecule has 2 aromatic heterocycles. The van der Waals surface area contributed by atoms with Crippen molar-refractivity contribution in [2.75, 3.05) is 0 Å². The number of thiophene rings is 1. The van der Waals surface area contributed by atoms with Crippen LogP contribution in [-0.2, 0) is 0 Å². The minimum atomic E-state index is 0.0171. The number of hydrogen-bond acceptors (Lipinski definition) is 4. The molecule has 0 aliphatic heterocycles. The van der Waals surface area contributed by atoms with Crippen molar-refractivity contribution in [3.05, 3.63) is 38.2 Å². The van der Waals surface area contributed by atoms with Gasteiger partial charge in [-0.25, -0.2) is 4.98 Å². The molecule has 1 N–H and O–H groups in total. The van der Waals surface area contributed by atoms with Crippen LogP contribution in [0.1, 0.15) is 43.1 Å². The second kappa shape index (κ2) is 5.61. The van der Waals surface area contributed by atoms with E-state index in [9.17, 15) is 0 Å². The summed E-state index contributed by atoms with van der Waals surface area (Å²) >= 11 is 13.4. The van der Waals surface area contributed by atoms with Crippen LogP contribution in [0.5, 0.6) is 0 Å². The van der Waals surface area contributed by atoms with Gasteiger partial charge in [0, 0.05) is 6.04 Å². The van der Waals surface area contributed by atoms with E-state index in [1.54, 1.807) is 6.20 Å². The molecule has 2 unspecified atom stereocenters. The Hall–Kier alpha value is -0.550. The summed E-state index contributed by atoms with van der Waals surface area (Å²) in [4.78, 5) is 4.20. The van der Waals surface area contributed by atoms with Crippen molar-refractivity contribution in [3.63, 3.8) is 0 Å². The normalized spacial score (nSPS) is 14.7. The summed E-state index contributed by atoms with van der Waals surface area (Å²) < 4.78 is 6.90. The number of nitrogens with one attached hydrogen (secondary N) is 1. The van der Waals surface area contributed by atoms with Gasteiger partial charge in [-0.1, -0.05) is 23.2 Å². The highest BCUT2D eigenvalue weighted by Crippen LogP contribution is 2.35. The van der Waals surface area contributed by atoms with Crippen molar-refractivity contribution < 1.29 is 4.42 Å². The number of aromatic nitrogens is 1. The molecular formula is C12H14Cl2N2OS. The molecule has 0 saturated heterocycles. The maximum absolute atomic E-state index is 6.13. The fourth-order valence-corrected chi connectivity index (χ4v) is 3.40. The molecule has 0 aliphatic rings. The van der Waals surface area contributed by atoms with Crippen molar-refractivity contribution in [2.45, 2.75) is 32.9 Å². The average Bonchev–Trinajstić information content (AvgIpc) is 2.84. The van der Waals surface area contributed by atoms with Crippen molar-refractivity contribution in [3.8, 4) is 0 Å². The second-order valence-corrected chi connectivity index (χ2v) is 6.48. The Morgan fingerprint density at radius 3 is 2.56 bits per heavy atom. The zero-order chi connectivity index (χ0) is 13.3. The lowest BCUT2D eigenvalue weighted by atomic mass is 10.1. The summed E-state index contributed by atoms with van der Waals surface area (Å²) in [7, 11) is 0. The zero-order valence-corrected chi connectivity index (χ0v) is 12.7. The van der Waals surface area contributed by atoms with Gasteiger partial charge in [0.15, 0.2) is 0 Å². The van der Waals surface area contributed by atoms with Crippen molar-refractivity contribution in [1.82, 2.24) is 10.3 Å². The number of oxazole rings is 1. The fourth-order valence-electron chi connectivity index (χ4n) is 1.76. The molecule has 3 nitrogen and oxygen atoms in total. The lowest BCUT2D eigenvalue weighted by Gasteiger charge is -2.17. The molecule has 0 aromatic carbocycles. The van der Waals surface area contributed by atoms with Crippen LogP contribution in [0.4, 0.5) is 0 Å². The molecule has 2 heterocycles. The topological polar surface area (TPSA) is 38.1 Å². The largest absolute Gasteiger partial charge is 0.444 e. The number of nitrogens with zero attached hydrogens (tertiary/aromatic N) is 1. The van der Waals surface area contributed by atoms with E-state index < -0.39 is 0 Å². The van der Waals surface area contributed by atoms with Crippen LogP contribution in [0.3, 0.4) is 0 Å². The van der Waals surface area contributed by atoms with Crippen LogP contribution in [0.2, 0.25) is 8.67 Å². The first-order valence-electron chi connectivity index (χ1n) is 5.60. The van der Waals surface area contributed by atoms with E-state index in [-0.39, 0.29) is 12.1 Å². The average molecular weight is 305 g/mol. The van der Waals surface area contributed by atoms with E-state index in [0.29, 0.717) is 10.2 Å². The van der Waals surface area contributed by atoms with E-state index in [2.05, 4.69) is 10.3 Å². The molecule has 2 aromatic rings. The van der Waals surface area contributed by atoms with E-state index in [4.69, 9.17) is 27.6 Å². The third-order valence-electron chi connectivity index (χ3n) is 2.66. The summed E-state index contributed by atoms with van der Waals surface area (Å²) in [5.41, 5.74) is 1.00. The maximum Gasteiger partial charge on any atom is 0.211 e. The molecule has 0 amide bonds. The van der Waals surface area contributed by atoms with Crippen LogP contribution < -0.4 is 5.32 Å². The van der Waals surface area contributed by atoms with Gasteiger partial charge >= 0.3 is 0 Å². The van der Waals surface area contributed by atoms with Gasteiger partial charge in [0.25, 0.3) is 0 Å². The van der Waals surface area contributed by atoms with Crippen LogP contribution in [0.25, 0.3) is 0 Å². The van der Waals surface area contributed by atoms with Gasteiger partial charge in [0.1, 0.15) is 5.76 Å².